The van der Waals surface area contributed by atoms with Gasteiger partial charge >= 0.3 is 5.69 Å². The van der Waals surface area contributed by atoms with Gasteiger partial charge in [0, 0.05) is 33.7 Å². The summed E-state index contributed by atoms with van der Waals surface area (Å²) in [5.74, 6) is -0.823. The lowest BCUT2D eigenvalue weighted by atomic mass is 10.1. The van der Waals surface area contributed by atoms with Gasteiger partial charge in [0.05, 0.1) is 22.5 Å². The molecule has 3 heterocycles. The van der Waals surface area contributed by atoms with Crippen molar-refractivity contribution in [2.24, 2.45) is 7.05 Å². The zero-order chi connectivity index (χ0) is 19.2. The summed E-state index contributed by atoms with van der Waals surface area (Å²) < 4.78 is 16.3. The second-order valence-corrected chi connectivity index (χ2v) is 6.76. The molecule has 2 aromatic rings. The molecule has 0 saturated carbocycles. The van der Waals surface area contributed by atoms with Gasteiger partial charge in [-0.05, 0) is 20.9 Å². The van der Waals surface area contributed by atoms with Gasteiger partial charge in [-0.15, -0.1) is 0 Å². The lowest BCUT2D eigenvalue weighted by molar-refractivity contribution is -0.121. The first kappa shape index (κ1) is 18.4. The van der Waals surface area contributed by atoms with Crippen molar-refractivity contribution in [3.8, 4) is 0 Å². The number of aromatic nitrogens is 3. The fourth-order valence-corrected chi connectivity index (χ4v) is 3.31. The minimum Gasteiger partial charge on any atom is -0.311 e. The van der Waals surface area contributed by atoms with Crippen LogP contribution >= 0.6 is 0 Å². The summed E-state index contributed by atoms with van der Waals surface area (Å²) in [7, 11) is 5.02. The molecule has 0 aromatic carbocycles. The van der Waals surface area contributed by atoms with Crippen molar-refractivity contribution in [3.63, 3.8) is 0 Å². The molecule has 140 valence electrons. The molecular formula is C17H23FN6O2. The van der Waals surface area contributed by atoms with Gasteiger partial charge in [0.15, 0.2) is 5.82 Å². The average Bonchev–Trinajstić information content (AvgIpc) is 2.60. The maximum atomic E-state index is 15.0. The second kappa shape index (κ2) is 6.73. The number of amides is 1. The molecule has 1 aliphatic rings. The zero-order valence-electron chi connectivity index (χ0n) is 15.6. The number of rotatable bonds is 2. The summed E-state index contributed by atoms with van der Waals surface area (Å²) in [6.45, 7) is 5.22. The molecule has 2 aromatic heterocycles. The van der Waals surface area contributed by atoms with Crippen molar-refractivity contribution in [2.75, 3.05) is 38.6 Å². The molecule has 9 heteroatoms. The standard InChI is InChI=1S/C17H23FN6O2/c1-9-12-14(23(4)16(25)11-8-22(3)7-6-19-11)13(18)10(2)20-15(12)24(5)17(26)21-9/h11,19H,6-8H2,1-5H3. The smallest absolute Gasteiger partial charge is 0.311 e. The van der Waals surface area contributed by atoms with Gasteiger partial charge in [-0.2, -0.15) is 4.98 Å². The number of hydrogen-bond donors (Lipinski definition) is 1. The van der Waals surface area contributed by atoms with Crippen LogP contribution in [0.4, 0.5) is 10.1 Å². The van der Waals surface area contributed by atoms with Crippen LogP contribution in [0.15, 0.2) is 4.79 Å². The fraction of sp³-hybridized carbons (Fsp3) is 0.529. The van der Waals surface area contributed by atoms with Gasteiger partial charge in [0.2, 0.25) is 5.91 Å². The summed E-state index contributed by atoms with van der Waals surface area (Å²) in [5, 5.41) is 3.55. The number of hydrogen-bond acceptors (Lipinski definition) is 6. The van der Waals surface area contributed by atoms with Crippen molar-refractivity contribution >= 4 is 22.6 Å². The molecule has 1 amide bonds. The van der Waals surface area contributed by atoms with Crippen molar-refractivity contribution in [1.29, 1.82) is 0 Å². The monoisotopic (exact) mass is 362 g/mol. The van der Waals surface area contributed by atoms with Crippen LogP contribution in [-0.2, 0) is 11.8 Å². The predicted molar refractivity (Wildman–Crippen MR) is 96.9 cm³/mol. The minimum absolute atomic E-state index is 0.105. The van der Waals surface area contributed by atoms with Crippen molar-refractivity contribution in [2.45, 2.75) is 19.9 Å². The molecule has 0 bridgehead atoms. The highest BCUT2D eigenvalue weighted by molar-refractivity contribution is 6.04. The lowest BCUT2D eigenvalue weighted by Crippen LogP contribution is -2.56. The lowest BCUT2D eigenvalue weighted by Gasteiger charge is -2.33. The number of aryl methyl sites for hydroxylation is 3. The molecule has 0 aliphatic carbocycles. The molecule has 1 saturated heterocycles. The summed E-state index contributed by atoms with van der Waals surface area (Å²) in [4.78, 5) is 36.5. The highest BCUT2D eigenvalue weighted by atomic mass is 19.1. The Kier molecular flexibility index (Phi) is 4.76. The maximum Gasteiger partial charge on any atom is 0.349 e. The van der Waals surface area contributed by atoms with Gasteiger partial charge in [-0.3, -0.25) is 9.36 Å². The molecule has 0 spiro atoms. The van der Waals surface area contributed by atoms with Crippen LogP contribution in [0.3, 0.4) is 0 Å². The van der Waals surface area contributed by atoms with E-state index in [1.165, 1.54) is 23.4 Å². The number of piperazine rings is 1. The number of nitrogens with one attached hydrogen (secondary N) is 1. The Labute approximate surface area is 150 Å². The topological polar surface area (TPSA) is 83.4 Å². The highest BCUT2D eigenvalue weighted by Crippen LogP contribution is 2.31. The number of anilines is 1. The SMILES string of the molecule is Cc1nc2c(c(C)nc(=O)n2C)c(N(C)C(=O)C2CN(C)CCN2)c1F. The normalized spacial score (nSPS) is 18.3. The molecule has 1 atom stereocenters. The van der Waals surface area contributed by atoms with Crippen LogP contribution in [0.2, 0.25) is 0 Å². The van der Waals surface area contributed by atoms with Crippen LogP contribution in [0, 0.1) is 19.7 Å². The Hall–Kier alpha value is -2.39. The molecule has 1 fully saturated rings. The van der Waals surface area contributed by atoms with E-state index in [0.29, 0.717) is 29.8 Å². The largest absolute Gasteiger partial charge is 0.349 e. The van der Waals surface area contributed by atoms with E-state index in [-0.39, 0.29) is 17.3 Å². The minimum atomic E-state index is -0.582. The quantitative estimate of drug-likeness (QED) is 0.807. The second-order valence-electron chi connectivity index (χ2n) is 6.76. The first-order valence-corrected chi connectivity index (χ1v) is 8.45. The highest BCUT2D eigenvalue weighted by Gasteiger charge is 2.30. The molecule has 1 N–H and O–H groups in total. The first-order valence-electron chi connectivity index (χ1n) is 8.45. The van der Waals surface area contributed by atoms with Crippen LogP contribution in [0.5, 0.6) is 0 Å². The molecule has 0 radical (unpaired) electrons. The molecule has 3 rings (SSSR count). The first-order chi connectivity index (χ1) is 12.2. The Balaban J connectivity index is 2.17. The third-order valence-electron chi connectivity index (χ3n) is 4.83. The van der Waals surface area contributed by atoms with Gasteiger partial charge < -0.3 is 15.1 Å². The van der Waals surface area contributed by atoms with E-state index in [1.54, 1.807) is 14.0 Å². The van der Waals surface area contributed by atoms with Gasteiger partial charge in [-0.1, -0.05) is 0 Å². The van der Waals surface area contributed by atoms with E-state index in [9.17, 15) is 14.0 Å². The van der Waals surface area contributed by atoms with E-state index in [4.69, 9.17) is 0 Å². The number of halogens is 1. The number of carbonyl (C=O) groups is 1. The Morgan fingerprint density at radius 2 is 1.96 bits per heavy atom. The summed E-state index contributed by atoms with van der Waals surface area (Å²) >= 11 is 0. The van der Waals surface area contributed by atoms with Crippen LogP contribution in [0.25, 0.3) is 11.0 Å². The third-order valence-corrected chi connectivity index (χ3v) is 4.83. The Morgan fingerprint density at radius 3 is 2.62 bits per heavy atom. The maximum absolute atomic E-state index is 15.0. The van der Waals surface area contributed by atoms with Crippen LogP contribution in [-0.4, -0.2) is 65.1 Å². The fourth-order valence-electron chi connectivity index (χ4n) is 3.31. The van der Waals surface area contributed by atoms with Crippen molar-refractivity contribution < 1.29 is 9.18 Å². The van der Waals surface area contributed by atoms with E-state index in [2.05, 4.69) is 20.2 Å². The Morgan fingerprint density at radius 1 is 1.27 bits per heavy atom. The van der Waals surface area contributed by atoms with E-state index < -0.39 is 17.5 Å². The molecule has 1 unspecified atom stereocenters. The van der Waals surface area contributed by atoms with Crippen molar-refractivity contribution in [3.05, 3.63) is 27.7 Å². The summed E-state index contributed by atoms with van der Waals surface area (Å²) in [6, 6.07) is -0.428. The molecule has 26 heavy (non-hydrogen) atoms. The summed E-state index contributed by atoms with van der Waals surface area (Å²) in [5.41, 5.74) is 0.418. The molecular weight excluding hydrogens is 339 g/mol. The number of carbonyl (C=O) groups excluding carboxylic acids is 1. The molecule has 1 aliphatic heterocycles. The Bertz CT molecular complexity index is 941. The molecule has 8 nitrogen and oxygen atoms in total. The number of fused-ring (bicyclic) bond motifs is 1. The van der Waals surface area contributed by atoms with Gasteiger partial charge in [-0.25, -0.2) is 14.2 Å². The van der Waals surface area contributed by atoms with E-state index >= 15 is 0 Å². The predicted octanol–water partition coefficient (Wildman–Crippen LogP) is -0.0492. The van der Waals surface area contributed by atoms with E-state index in [1.807, 2.05) is 7.05 Å². The zero-order valence-corrected chi connectivity index (χ0v) is 15.6. The van der Waals surface area contributed by atoms with E-state index in [0.717, 1.165) is 6.54 Å². The number of likely N-dealkylation sites (N-methyl/N-ethyl adjacent to an activating group) is 2. The van der Waals surface area contributed by atoms with Crippen molar-refractivity contribution in [1.82, 2.24) is 24.8 Å². The average molecular weight is 362 g/mol. The third kappa shape index (κ3) is 2.97. The van der Waals surface area contributed by atoms with Gasteiger partial charge in [0.1, 0.15) is 11.7 Å². The van der Waals surface area contributed by atoms with Gasteiger partial charge in [0.25, 0.3) is 0 Å². The summed E-state index contributed by atoms with van der Waals surface area (Å²) in [6.07, 6.45) is 0. The van der Waals surface area contributed by atoms with Crippen LogP contribution < -0.4 is 15.9 Å². The number of pyridine rings is 1. The van der Waals surface area contributed by atoms with Crippen LogP contribution in [0.1, 0.15) is 11.4 Å². The number of nitrogens with zero attached hydrogens (tertiary/aromatic N) is 5.